The van der Waals surface area contributed by atoms with E-state index in [2.05, 4.69) is 10.0 Å². The molecular weight excluding hydrogens is 292 g/mol. The number of rotatable bonds is 6. The number of hydrogen-bond donors (Lipinski definition) is 2. The van der Waals surface area contributed by atoms with Crippen LogP contribution in [0.4, 0.5) is 5.69 Å². The molecule has 112 valence electrons. The van der Waals surface area contributed by atoms with Gasteiger partial charge in [0.05, 0.1) is 11.4 Å². The van der Waals surface area contributed by atoms with Crippen molar-refractivity contribution in [2.75, 3.05) is 23.3 Å². The molecule has 20 heavy (non-hydrogen) atoms. The summed E-state index contributed by atoms with van der Waals surface area (Å²) in [6.45, 7) is 1.01. The van der Waals surface area contributed by atoms with Gasteiger partial charge in [-0.3, -0.25) is 4.72 Å². The molecule has 1 heterocycles. The van der Waals surface area contributed by atoms with Crippen molar-refractivity contribution in [3.8, 4) is 0 Å². The molecule has 0 spiro atoms. The second kappa shape index (κ2) is 7.33. The van der Waals surface area contributed by atoms with Crippen molar-refractivity contribution in [2.45, 2.75) is 36.6 Å². The molecule has 0 amide bonds. The van der Waals surface area contributed by atoms with Crippen LogP contribution in [0.15, 0.2) is 29.2 Å². The van der Waals surface area contributed by atoms with Crippen molar-refractivity contribution in [3.63, 3.8) is 0 Å². The van der Waals surface area contributed by atoms with Crippen LogP contribution in [0.25, 0.3) is 0 Å². The van der Waals surface area contributed by atoms with E-state index in [0.717, 1.165) is 17.9 Å². The molecule has 1 aliphatic heterocycles. The van der Waals surface area contributed by atoms with E-state index in [0.29, 0.717) is 18.2 Å². The first kappa shape index (κ1) is 15.7. The highest BCUT2D eigenvalue weighted by molar-refractivity contribution is 7.99. The Morgan fingerprint density at radius 2 is 2.15 bits per heavy atom. The predicted molar refractivity (Wildman–Crippen MR) is 85.9 cm³/mol. The van der Waals surface area contributed by atoms with Gasteiger partial charge in [-0.1, -0.05) is 18.6 Å². The fourth-order valence-electron chi connectivity index (χ4n) is 2.42. The second-order valence-corrected chi connectivity index (χ2v) is 7.75. The molecule has 2 N–H and O–H groups in total. The minimum Gasteiger partial charge on any atom is -0.314 e. The largest absolute Gasteiger partial charge is 0.314 e. The van der Waals surface area contributed by atoms with Crippen molar-refractivity contribution in [2.24, 2.45) is 0 Å². The van der Waals surface area contributed by atoms with E-state index >= 15 is 0 Å². The fourth-order valence-corrected chi connectivity index (χ4v) is 4.24. The number of thioether (sulfide) groups is 1. The molecule has 1 aromatic rings. The Kier molecular flexibility index (Phi) is 5.74. The monoisotopic (exact) mass is 314 g/mol. The van der Waals surface area contributed by atoms with Gasteiger partial charge in [0.2, 0.25) is 10.0 Å². The minimum atomic E-state index is -3.27. The lowest BCUT2D eigenvalue weighted by atomic mass is 10.0. The van der Waals surface area contributed by atoms with E-state index in [9.17, 15) is 8.42 Å². The van der Waals surface area contributed by atoms with Gasteiger partial charge in [0.15, 0.2) is 0 Å². The van der Waals surface area contributed by atoms with E-state index in [1.54, 1.807) is 11.8 Å². The summed E-state index contributed by atoms with van der Waals surface area (Å²) in [5, 5.41) is 3.38. The van der Waals surface area contributed by atoms with E-state index in [4.69, 9.17) is 0 Å². The number of sulfonamides is 1. The quantitative estimate of drug-likeness (QED) is 0.793. The van der Waals surface area contributed by atoms with Crippen LogP contribution in [0.3, 0.4) is 0 Å². The summed E-state index contributed by atoms with van der Waals surface area (Å²) in [4.78, 5) is 0.951. The Bertz CT molecular complexity index is 526. The summed E-state index contributed by atoms with van der Waals surface area (Å²) in [6.07, 6.45) is 6.09. The predicted octanol–water partition coefficient (Wildman–Crippen LogP) is 2.68. The third-order valence-corrected chi connectivity index (χ3v) is 5.62. The molecule has 0 aromatic heterocycles. The topological polar surface area (TPSA) is 58.2 Å². The average Bonchev–Trinajstić information content (AvgIpc) is 2.47. The molecular formula is C14H22N2O2S2. The van der Waals surface area contributed by atoms with Gasteiger partial charge in [-0.2, -0.15) is 0 Å². The SMILES string of the molecule is CSc1ccccc1NS(=O)(=O)CCC1CCCCN1. The molecule has 0 radical (unpaired) electrons. The van der Waals surface area contributed by atoms with E-state index in [-0.39, 0.29) is 5.75 Å². The van der Waals surface area contributed by atoms with Crippen LogP contribution < -0.4 is 10.0 Å². The first-order valence-corrected chi connectivity index (χ1v) is 9.85. The Morgan fingerprint density at radius 1 is 1.35 bits per heavy atom. The van der Waals surface area contributed by atoms with Gasteiger partial charge >= 0.3 is 0 Å². The van der Waals surface area contributed by atoms with Crippen LogP contribution in [0.1, 0.15) is 25.7 Å². The highest BCUT2D eigenvalue weighted by Crippen LogP contribution is 2.25. The summed E-state index contributed by atoms with van der Waals surface area (Å²) in [7, 11) is -3.27. The number of nitrogens with one attached hydrogen (secondary N) is 2. The van der Waals surface area contributed by atoms with Gasteiger partial charge in [0, 0.05) is 10.9 Å². The van der Waals surface area contributed by atoms with Gasteiger partial charge in [-0.15, -0.1) is 11.8 Å². The molecule has 0 saturated carbocycles. The third kappa shape index (κ3) is 4.68. The minimum absolute atomic E-state index is 0.174. The lowest BCUT2D eigenvalue weighted by Gasteiger charge is -2.23. The van der Waals surface area contributed by atoms with Gasteiger partial charge in [-0.25, -0.2) is 8.42 Å². The van der Waals surface area contributed by atoms with Crippen LogP contribution in [0.5, 0.6) is 0 Å². The summed E-state index contributed by atoms with van der Waals surface area (Å²) in [6, 6.07) is 7.83. The lowest BCUT2D eigenvalue weighted by Crippen LogP contribution is -2.36. The number of hydrogen-bond acceptors (Lipinski definition) is 4. The summed E-state index contributed by atoms with van der Waals surface area (Å²) in [5.41, 5.74) is 0.677. The first-order chi connectivity index (χ1) is 9.61. The zero-order valence-electron chi connectivity index (χ0n) is 11.8. The molecule has 1 fully saturated rings. The van der Waals surface area contributed by atoms with Crippen molar-refractivity contribution >= 4 is 27.5 Å². The number of piperidine rings is 1. The number of para-hydroxylation sites is 1. The van der Waals surface area contributed by atoms with Crippen LogP contribution in [-0.4, -0.2) is 33.0 Å². The Morgan fingerprint density at radius 3 is 2.85 bits per heavy atom. The summed E-state index contributed by atoms with van der Waals surface area (Å²) in [5.74, 6) is 0.174. The van der Waals surface area contributed by atoms with Crippen LogP contribution in [0, 0.1) is 0 Å². The highest BCUT2D eigenvalue weighted by atomic mass is 32.2. The maximum absolute atomic E-state index is 12.2. The maximum atomic E-state index is 12.2. The first-order valence-electron chi connectivity index (χ1n) is 6.97. The highest BCUT2D eigenvalue weighted by Gasteiger charge is 2.18. The third-order valence-electron chi connectivity index (χ3n) is 3.52. The molecule has 0 bridgehead atoms. The molecule has 1 atom stereocenters. The van der Waals surface area contributed by atoms with E-state index < -0.39 is 10.0 Å². The molecule has 1 aromatic carbocycles. The number of benzene rings is 1. The molecule has 1 unspecified atom stereocenters. The molecule has 1 saturated heterocycles. The normalized spacial score (nSPS) is 19.8. The van der Waals surface area contributed by atoms with Gasteiger partial charge in [-0.05, 0) is 44.2 Å². The van der Waals surface area contributed by atoms with E-state index in [1.165, 1.54) is 12.8 Å². The van der Waals surface area contributed by atoms with Gasteiger partial charge in [0.25, 0.3) is 0 Å². The zero-order chi connectivity index (χ0) is 14.4. The Hall–Kier alpha value is -0.720. The zero-order valence-corrected chi connectivity index (χ0v) is 13.4. The smallest absolute Gasteiger partial charge is 0.232 e. The van der Waals surface area contributed by atoms with Crippen molar-refractivity contribution < 1.29 is 8.42 Å². The average molecular weight is 314 g/mol. The van der Waals surface area contributed by atoms with Gasteiger partial charge < -0.3 is 5.32 Å². The fraction of sp³-hybridized carbons (Fsp3) is 0.571. The lowest BCUT2D eigenvalue weighted by molar-refractivity contribution is 0.393. The van der Waals surface area contributed by atoms with Crippen molar-refractivity contribution in [3.05, 3.63) is 24.3 Å². The van der Waals surface area contributed by atoms with E-state index in [1.807, 2.05) is 30.5 Å². The molecule has 0 aliphatic carbocycles. The summed E-state index contributed by atoms with van der Waals surface area (Å²) < 4.78 is 27.0. The van der Waals surface area contributed by atoms with Crippen LogP contribution >= 0.6 is 11.8 Å². The Balaban J connectivity index is 1.93. The summed E-state index contributed by atoms with van der Waals surface area (Å²) >= 11 is 1.54. The standard InChI is InChI=1S/C14H22N2O2S2/c1-19-14-8-3-2-7-13(14)16-20(17,18)11-9-12-6-4-5-10-15-12/h2-3,7-8,12,15-16H,4-6,9-11H2,1H3. The van der Waals surface area contributed by atoms with Crippen molar-refractivity contribution in [1.82, 2.24) is 5.32 Å². The molecule has 1 aliphatic rings. The Labute approximate surface area is 125 Å². The van der Waals surface area contributed by atoms with Crippen LogP contribution in [-0.2, 0) is 10.0 Å². The van der Waals surface area contributed by atoms with Gasteiger partial charge in [0.1, 0.15) is 0 Å². The molecule has 6 heteroatoms. The molecule has 2 rings (SSSR count). The molecule has 4 nitrogen and oxygen atoms in total. The number of anilines is 1. The van der Waals surface area contributed by atoms with Crippen molar-refractivity contribution in [1.29, 1.82) is 0 Å². The second-order valence-electron chi connectivity index (χ2n) is 5.06. The van der Waals surface area contributed by atoms with Crippen LogP contribution in [0.2, 0.25) is 0 Å². The maximum Gasteiger partial charge on any atom is 0.232 e.